The molecule has 8 nitrogen and oxygen atoms in total. The molecule has 34 heavy (non-hydrogen) atoms. The van der Waals surface area contributed by atoms with Crippen LogP contribution in [0.2, 0.25) is 0 Å². The van der Waals surface area contributed by atoms with Crippen molar-refractivity contribution in [2.24, 2.45) is 5.10 Å². The first-order valence-electron chi connectivity index (χ1n) is 10.8. The number of carbonyl (C=O) groups excluding carboxylic acids is 1. The smallest absolute Gasteiger partial charge is 0.271 e. The van der Waals surface area contributed by atoms with Crippen molar-refractivity contribution in [1.29, 1.82) is 0 Å². The van der Waals surface area contributed by atoms with Crippen LogP contribution in [0.25, 0.3) is 0 Å². The summed E-state index contributed by atoms with van der Waals surface area (Å²) in [6.07, 6.45) is 2.99. The van der Waals surface area contributed by atoms with Gasteiger partial charge in [0.05, 0.1) is 27.5 Å². The Morgan fingerprint density at radius 2 is 1.68 bits per heavy atom. The summed E-state index contributed by atoms with van der Waals surface area (Å²) < 4.78 is 22.1. The quantitative estimate of drug-likeness (QED) is 0.350. The highest BCUT2D eigenvalue weighted by Gasteiger charge is 2.14. The Balaban J connectivity index is 1.71. The van der Waals surface area contributed by atoms with Crippen molar-refractivity contribution in [2.75, 3.05) is 21.3 Å². The van der Waals surface area contributed by atoms with Crippen molar-refractivity contribution in [1.82, 2.24) is 10.4 Å². The van der Waals surface area contributed by atoms with Crippen molar-refractivity contribution >= 4 is 12.1 Å². The van der Waals surface area contributed by atoms with Gasteiger partial charge in [0, 0.05) is 23.4 Å². The number of nitrogens with zero attached hydrogens (tertiary/aromatic N) is 2. The maximum Gasteiger partial charge on any atom is 0.271 e. The van der Waals surface area contributed by atoms with Crippen LogP contribution in [0.3, 0.4) is 0 Å². The van der Waals surface area contributed by atoms with E-state index in [4.69, 9.17) is 18.9 Å². The maximum atomic E-state index is 12.3. The van der Waals surface area contributed by atoms with E-state index in [-0.39, 0.29) is 5.91 Å². The van der Waals surface area contributed by atoms with Crippen molar-refractivity contribution in [2.45, 2.75) is 26.4 Å². The van der Waals surface area contributed by atoms with E-state index in [2.05, 4.69) is 53.6 Å². The fourth-order valence-corrected chi connectivity index (χ4v) is 3.16. The molecule has 0 aliphatic rings. The van der Waals surface area contributed by atoms with Gasteiger partial charge in [-0.15, -0.1) is 0 Å². The third kappa shape index (κ3) is 6.25. The molecule has 0 aliphatic carbocycles. The third-order valence-electron chi connectivity index (χ3n) is 5.10. The number of aromatic nitrogens is 1. The van der Waals surface area contributed by atoms with Gasteiger partial charge < -0.3 is 18.9 Å². The summed E-state index contributed by atoms with van der Waals surface area (Å²) in [5.74, 6) is 1.90. The minimum absolute atomic E-state index is 0.345. The van der Waals surface area contributed by atoms with Crippen molar-refractivity contribution in [3.8, 4) is 23.1 Å². The molecule has 2 aromatic carbocycles. The molecule has 0 saturated carbocycles. The molecule has 8 heteroatoms. The number of hydrazone groups is 1. The normalized spacial score (nSPS) is 10.9. The molecule has 0 saturated heterocycles. The van der Waals surface area contributed by atoms with Crippen molar-refractivity contribution in [3.05, 3.63) is 77.0 Å². The number of carbonyl (C=O) groups is 1. The van der Waals surface area contributed by atoms with E-state index in [0.29, 0.717) is 46.8 Å². The van der Waals surface area contributed by atoms with Crippen LogP contribution in [-0.2, 0) is 6.61 Å². The monoisotopic (exact) mass is 463 g/mol. The number of hydrogen-bond acceptors (Lipinski definition) is 7. The molecule has 0 radical (unpaired) electrons. The second kappa shape index (κ2) is 11.7. The second-order valence-electron chi connectivity index (χ2n) is 7.73. The summed E-state index contributed by atoms with van der Waals surface area (Å²) in [4.78, 5) is 16.3. The lowest BCUT2D eigenvalue weighted by atomic mass is 10.0. The van der Waals surface area contributed by atoms with Gasteiger partial charge in [0.1, 0.15) is 6.61 Å². The molecule has 1 N–H and O–H groups in total. The van der Waals surface area contributed by atoms with Crippen LogP contribution in [0, 0.1) is 0 Å². The van der Waals surface area contributed by atoms with Gasteiger partial charge in [0.25, 0.3) is 5.91 Å². The molecule has 1 aromatic heterocycles. The number of rotatable bonds is 10. The SMILES string of the molecule is COc1cc(C(=O)N/N=C/c2cc(OC)c(OCc3ccc(C(C)C)cc3)c(OC)c2)ccn1. The van der Waals surface area contributed by atoms with Gasteiger partial charge in [-0.25, -0.2) is 10.4 Å². The van der Waals surface area contributed by atoms with Crippen LogP contribution in [0.1, 0.15) is 46.8 Å². The van der Waals surface area contributed by atoms with Crippen molar-refractivity contribution < 1.29 is 23.7 Å². The Morgan fingerprint density at radius 1 is 1.00 bits per heavy atom. The van der Waals surface area contributed by atoms with E-state index in [9.17, 15) is 4.79 Å². The summed E-state index contributed by atoms with van der Waals surface area (Å²) in [5.41, 5.74) is 5.83. The molecular weight excluding hydrogens is 434 g/mol. The second-order valence-corrected chi connectivity index (χ2v) is 7.73. The zero-order valence-corrected chi connectivity index (χ0v) is 20.0. The Bertz CT molecular complexity index is 1120. The van der Waals surface area contributed by atoms with E-state index < -0.39 is 0 Å². The van der Waals surface area contributed by atoms with E-state index in [1.54, 1.807) is 32.4 Å². The fraction of sp³-hybridized carbons (Fsp3) is 0.269. The predicted molar refractivity (Wildman–Crippen MR) is 130 cm³/mol. The Labute approximate surface area is 199 Å². The van der Waals surface area contributed by atoms with Crippen LogP contribution in [-0.4, -0.2) is 38.4 Å². The molecule has 0 bridgehead atoms. The average molecular weight is 464 g/mol. The van der Waals surface area contributed by atoms with Gasteiger partial charge >= 0.3 is 0 Å². The number of hydrogen-bond donors (Lipinski definition) is 1. The van der Waals surface area contributed by atoms with Gasteiger partial charge in [-0.3, -0.25) is 4.79 Å². The highest BCUT2D eigenvalue weighted by molar-refractivity contribution is 5.95. The molecule has 178 valence electrons. The molecule has 3 aromatic rings. The van der Waals surface area contributed by atoms with Crippen LogP contribution in [0.15, 0.2) is 59.8 Å². The predicted octanol–water partition coefficient (Wildman–Crippen LogP) is 4.57. The summed E-state index contributed by atoms with van der Waals surface area (Å²) in [7, 11) is 4.59. The fourth-order valence-electron chi connectivity index (χ4n) is 3.16. The molecule has 0 spiro atoms. The first-order chi connectivity index (χ1) is 16.4. The number of nitrogens with one attached hydrogen (secondary N) is 1. The molecule has 0 unspecified atom stereocenters. The average Bonchev–Trinajstić information content (AvgIpc) is 2.87. The number of methoxy groups -OCH3 is 3. The third-order valence-corrected chi connectivity index (χ3v) is 5.10. The number of amides is 1. The van der Waals surface area contributed by atoms with E-state index >= 15 is 0 Å². The molecule has 1 heterocycles. The van der Waals surface area contributed by atoms with Crippen LogP contribution in [0.5, 0.6) is 23.1 Å². The number of pyridine rings is 1. The van der Waals surface area contributed by atoms with Gasteiger partial charge in [-0.2, -0.15) is 5.10 Å². The van der Waals surface area contributed by atoms with E-state index in [1.807, 2.05) is 0 Å². The Morgan fingerprint density at radius 3 is 2.26 bits per heavy atom. The molecular formula is C26H29N3O5. The van der Waals surface area contributed by atoms with Gasteiger partial charge in [-0.05, 0) is 35.2 Å². The minimum Gasteiger partial charge on any atom is -0.493 e. The highest BCUT2D eigenvalue weighted by atomic mass is 16.5. The molecule has 0 atom stereocenters. The first-order valence-corrected chi connectivity index (χ1v) is 10.8. The lowest BCUT2D eigenvalue weighted by Crippen LogP contribution is -2.17. The minimum atomic E-state index is -0.390. The largest absolute Gasteiger partial charge is 0.493 e. The zero-order chi connectivity index (χ0) is 24.5. The summed E-state index contributed by atoms with van der Waals surface area (Å²) in [6.45, 7) is 4.69. The first kappa shape index (κ1) is 24.6. The topological polar surface area (TPSA) is 91.3 Å². The van der Waals surface area contributed by atoms with Crippen LogP contribution >= 0.6 is 0 Å². The number of benzene rings is 2. The summed E-state index contributed by atoms with van der Waals surface area (Å²) in [5, 5.41) is 4.03. The Hall–Kier alpha value is -4.07. The highest BCUT2D eigenvalue weighted by Crippen LogP contribution is 2.38. The molecule has 3 rings (SSSR count). The van der Waals surface area contributed by atoms with Crippen molar-refractivity contribution in [3.63, 3.8) is 0 Å². The van der Waals surface area contributed by atoms with E-state index in [1.165, 1.54) is 31.2 Å². The van der Waals surface area contributed by atoms with Crippen LogP contribution < -0.4 is 24.4 Å². The Kier molecular flexibility index (Phi) is 8.45. The van der Waals surface area contributed by atoms with Crippen LogP contribution in [0.4, 0.5) is 0 Å². The maximum absolute atomic E-state index is 12.3. The van der Waals surface area contributed by atoms with E-state index in [0.717, 1.165) is 5.56 Å². The lowest BCUT2D eigenvalue weighted by molar-refractivity contribution is 0.0954. The zero-order valence-electron chi connectivity index (χ0n) is 20.0. The summed E-state index contributed by atoms with van der Waals surface area (Å²) >= 11 is 0. The molecule has 0 fully saturated rings. The standard InChI is InChI=1S/C26H29N3O5/c1-17(2)20-8-6-18(7-9-20)16-34-25-22(31-3)12-19(13-23(25)32-4)15-28-29-26(30)21-10-11-27-24(14-21)33-5/h6-15,17H,16H2,1-5H3,(H,29,30)/b28-15+. The molecule has 0 aliphatic heterocycles. The summed E-state index contributed by atoms with van der Waals surface area (Å²) in [6, 6.07) is 14.9. The molecule has 1 amide bonds. The van der Waals surface area contributed by atoms with Gasteiger partial charge in [0.2, 0.25) is 11.6 Å². The van der Waals surface area contributed by atoms with Gasteiger partial charge in [0.15, 0.2) is 11.5 Å². The van der Waals surface area contributed by atoms with Gasteiger partial charge in [-0.1, -0.05) is 38.1 Å². The lowest BCUT2D eigenvalue weighted by Gasteiger charge is -2.15. The number of ether oxygens (including phenoxy) is 4.